The Morgan fingerprint density at radius 1 is 1.05 bits per heavy atom. The number of benzene rings is 3. The second kappa shape index (κ2) is 6.63. The lowest BCUT2D eigenvalue weighted by Crippen LogP contribution is -1.89. The lowest BCUT2D eigenvalue weighted by molar-refractivity contribution is 0.377. The molecule has 0 atom stereocenters. The first kappa shape index (κ1) is 15.3. The lowest BCUT2D eigenvalue weighted by Gasteiger charge is -2.13. The highest BCUT2D eigenvalue weighted by molar-refractivity contribution is 9.10. The number of ether oxygens (including phenoxy) is 1. The maximum absolute atomic E-state index is 10.2. The first-order chi connectivity index (χ1) is 10.7. The molecule has 22 heavy (non-hydrogen) atoms. The molecule has 0 saturated carbocycles. The van der Waals surface area contributed by atoms with E-state index in [1.807, 2.05) is 30.3 Å². The molecule has 0 unspecified atom stereocenters. The summed E-state index contributed by atoms with van der Waals surface area (Å²) < 4.78 is 6.35. The Bertz CT molecular complexity index is 803. The molecule has 0 aliphatic heterocycles. The van der Waals surface area contributed by atoms with Gasteiger partial charge in [-0.05, 0) is 29.8 Å². The number of rotatable bonds is 4. The van der Waals surface area contributed by atoms with Crippen LogP contribution in [0.2, 0.25) is 0 Å². The van der Waals surface area contributed by atoms with Crippen LogP contribution in [-0.4, -0.2) is 12.2 Å². The zero-order valence-corrected chi connectivity index (χ0v) is 14.4. The summed E-state index contributed by atoms with van der Waals surface area (Å²) in [6, 6.07) is 18.1. The van der Waals surface area contributed by atoms with Gasteiger partial charge in [0.15, 0.2) is 11.5 Å². The SMILES string of the molecule is COc1c(O)cc(SCc2ccccc2)c2cc(Br)ccc12. The fourth-order valence-corrected chi connectivity index (χ4v) is 3.79. The summed E-state index contributed by atoms with van der Waals surface area (Å²) in [7, 11) is 1.58. The number of phenols is 1. The predicted octanol–water partition coefficient (Wildman–Crippen LogP) is 5.61. The van der Waals surface area contributed by atoms with Gasteiger partial charge in [0, 0.05) is 25.9 Å². The number of thioether (sulfide) groups is 1. The quantitative estimate of drug-likeness (QED) is 0.601. The number of phenolic OH excluding ortho intramolecular Hbond substituents is 1. The molecule has 0 aliphatic carbocycles. The highest BCUT2D eigenvalue weighted by Crippen LogP contribution is 2.42. The van der Waals surface area contributed by atoms with Crippen LogP contribution in [0.1, 0.15) is 5.56 Å². The molecule has 0 aliphatic rings. The van der Waals surface area contributed by atoms with Crippen molar-refractivity contribution in [3.63, 3.8) is 0 Å². The summed E-state index contributed by atoms with van der Waals surface area (Å²) in [5, 5.41) is 12.2. The van der Waals surface area contributed by atoms with E-state index in [-0.39, 0.29) is 5.75 Å². The molecule has 0 spiro atoms. The van der Waals surface area contributed by atoms with Gasteiger partial charge in [0.1, 0.15) is 0 Å². The third kappa shape index (κ3) is 3.08. The molecule has 3 rings (SSSR count). The normalized spacial score (nSPS) is 10.8. The van der Waals surface area contributed by atoms with Crippen LogP contribution in [0.3, 0.4) is 0 Å². The van der Waals surface area contributed by atoms with Gasteiger partial charge in [-0.3, -0.25) is 0 Å². The van der Waals surface area contributed by atoms with Gasteiger partial charge in [-0.15, -0.1) is 11.8 Å². The minimum absolute atomic E-state index is 0.174. The van der Waals surface area contributed by atoms with Gasteiger partial charge in [0.05, 0.1) is 7.11 Å². The summed E-state index contributed by atoms with van der Waals surface area (Å²) in [6.45, 7) is 0. The number of aromatic hydroxyl groups is 1. The van der Waals surface area contributed by atoms with Crippen LogP contribution in [0, 0.1) is 0 Å². The van der Waals surface area contributed by atoms with Crippen LogP contribution in [0.4, 0.5) is 0 Å². The minimum Gasteiger partial charge on any atom is -0.504 e. The van der Waals surface area contributed by atoms with Gasteiger partial charge in [-0.1, -0.05) is 46.3 Å². The Morgan fingerprint density at radius 3 is 2.55 bits per heavy atom. The molecule has 3 aromatic carbocycles. The third-order valence-corrected chi connectivity index (χ3v) is 5.05. The van der Waals surface area contributed by atoms with Gasteiger partial charge in [-0.2, -0.15) is 0 Å². The Morgan fingerprint density at radius 2 is 1.82 bits per heavy atom. The predicted molar refractivity (Wildman–Crippen MR) is 95.9 cm³/mol. The topological polar surface area (TPSA) is 29.5 Å². The van der Waals surface area contributed by atoms with Gasteiger partial charge < -0.3 is 9.84 Å². The molecule has 112 valence electrons. The maximum atomic E-state index is 10.2. The zero-order chi connectivity index (χ0) is 15.5. The van der Waals surface area contributed by atoms with E-state index < -0.39 is 0 Å². The van der Waals surface area contributed by atoms with Crippen molar-refractivity contribution < 1.29 is 9.84 Å². The van der Waals surface area contributed by atoms with E-state index >= 15 is 0 Å². The molecule has 1 N–H and O–H groups in total. The van der Waals surface area contributed by atoms with Crippen LogP contribution >= 0.6 is 27.7 Å². The van der Waals surface area contributed by atoms with Crippen molar-refractivity contribution >= 4 is 38.5 Å². The smallest absolute Gasteiger partial charge is 0.168 e. The molecule has 4 heteroatoms. The molecule has 0 fully saturated rings. The Balaban J connectivity index is 2.03. The molecular formula is C18H15BrO2S. The molecule has 3 aromatic rings. The second-order valence-electron chi connectivity index (χ2n) is 4.89. The summed E-state index contributed by atoms with van der Waals surface area (Å²) in [5.41, 5.74) is 1.26. The standard InChI is InChI=1S/C18H15BrO2S/c1-21-18-14-8-7-13(19)9-15(14)17(10-16(18)20)22-11-12-5-3-2-4-6-12/h2-10,20H,11H2,1H3. The molecule has 0 heterocycles. The Kier molecular flexibility index (Phi) is 4.60. The zero-order valence-electron chi connectivity index (χ0n) is 12.0. The van der Waals surface area contributed by atoms with Crippen LogP contribution in [0.5, 0.6) is 11.5 Å². The highest BCUT2D eigenvalue weighted by atomic mass is 79.9. The van der Waals surface area contributed by atoms with Crippen molar-refractivity contribution in [1.82, 2.24) is 0 Å². The van der Waals surface area contributed by atoms with Crippen LogP contribution < -0.4 is 4.74 Å². The van der Waals surface area contributed by atoms with E-state index in [0.717, 1.165) is 25.9 Å². The van der Waals surface area contributed by atoms with E-state index in [0.29, 0.717) is 5.75 Å². The summed E-state index contributed by atoms with van der Waals surface area (Å²) in [6.07, 6.45) is 0. The number of fused-ring (bicyclic) bond motifs is 1. The van der Waals surface area contributed by atoms with Gasteiger partial charge in [0.2, 0.25) is 0 Å². The molecule has 0 amide bonds. The first-order valence-corrected chi connectivity index (χ1v) is 8.63. The summed E-state index contributed by atoms with van der Waals surface area (Å²) >= 11 is 5.22. The number of halogens is 1. The van der Waals surface area contributed by atoms with E-state index in [9.17, 15) is 5.11 Å². The van der Waals surface area contributed by atoms with Gasteiger partial charge in [0.25, 0.3) is 0 Å². The van der Waals surface area contributed by atoms with Gasteiger partial charge >= 0.3 is 0 Å². The van der Waals surface area contributed by atoms with Crippen molar-refractivity contribution in [3.05, 3.63) is 64.6 Å². The maximum Gasteiger partial charge on any atom is 0.168 e. The number of methoxy groups -OCH3 is 1. The van der Waals surface area contributed by atoms with Crippen molar-refractivity contribution in [2.24, 2.45) is 0 Å². The largest absolute Gasteiger partial charge is 0.504 e. The van der Waals surface area contributed by atoms with E-state index in [1.165, 1.54) is 5.56 Å². The Hall–Kier alpha value is -1.65. The molecule has 0 aromatic heterocycles. The molecular weight excluding hydrogens is 360 g/mol. The average Bonchev–Trinajstić information content (AvgIpc) is 2.54. The molecule has 0 saturated heterocycles. The monoisotopic (exact) mass is 374 g/mol. The summed E-state index contributed by atoms with van der Waals surface area (Å²) in [4.78, 5) is 1.04. The lowest BCUT2D eigenvalue weighted by atomic mass is 10.1. The highest BCUT2D eigenvalue weighted by Gasteiger charge is 2.13. The van der Waals surface area contributed by atoms with Crippen molar-refractivity contribution in [1.29, 1.82) is 0 Å². The summed E-state index contributed by atoms with van der Waals surface area (Å²) in [5.74, 6) is 1.55. The molecule has 2 nitrogen and oxygen atoms in total. The van der Waals surface area contributed by atoms with E-state index in [2.05, 4.69) is 34.1 Å². The fourth-order valence-electron chi connectivity index (χ4n) is 2.39. The number of hydrogen-bond acceptors (Lipinski definition) is 3. The number of hydrogen-bond donors (Lipinski definition) is 1. The second-order valence-corrected chi connectivity index (χ2v) is 6.82. The average molecular weight is 375 g/mol. The third-order valence-electron chi connectivity index (χ3n) is 3.43. The van der Waals surface area contributed by atoms with E-state index in [1.54, 1.807) is 24.9 Å². The Labute approximate surface area is 142 Å². The van der Waals surface area contributed by atoms with Crippen LogP contribution in [-0.2, 0) is 5.75 Å². The van der Waals surface area contributed by atoms with Crippen molar-refractivity contribution in [2.75, 3.05) is 7.11 Å². The van der Waals surface area contributed by atoms with Crippen molar-refractivity contribution in [2.45, 2.75) is 10.6 Å². The van der Waals surface area contributed by atoms with Crippen molar-refractivity contribution in [3.8, 4) is 11.5 Å². The molecule has 0 radical (unpaired) electrons. The van der Waals surface area contributed by atoms with E-state index in [4.69, 9.17) is 4.74 Å². The fraction of sp³-hybridized carbons (Fsp3) is 0.111. The van der Waals surface area contributed by atoms with Crippen LogP contribution in [0.15, 0.2) is 64.0 Å². The molecule has 0 bridgehead atoms. The first-order valence-electron chi connectivity index (χ1n) is 6.85. The minimum atomic E-state index is 0.174. The van der Waals surface area contributed by atoms with Gasteiger partial charge in [-0.25, -0.2) is 0 Å². The van der Waals surface area contributed by atoms with Crippen LogP contribution in [0.25, 0.3) is 10.8 Å².